The molecule has 30 heavy (non-hydrogen) atoms. The average molecular weight is 413 g/mol. The topological polar surface area (TPSA) is 54.5 Å². The van der Waals surface area contributed by atoms with Gasteiger partial charge in [-0.2, -0.15) is 0 Å². The molecule has 0 spiro atoms. The minimum absolute atomic E-state index is 0.126. The van der Waals surface area contributed by atoms with Crippen LogP contribution in [0.3, 0.4) is 0 Å². The van der Waals surface area contributed by atoms with Crippen LogP contribution < -0.4 is 5.32 Å². The van der Waals surface area contributed by atoms with Crippen molar-refractivity contribution in [2.24, 2.45) is 0 Å². The number of carbonyl (C=O) groups is 1. The molecule has 1 aromatic heterocycles. The number of anilines is 1. The Kier molecular flexibility index (Phi) is 7.30. The molecule has 0 aliphatic rings. The fourth-order valence-corrected chi connectivity index (χ4v) is 3.30. The smallest absolute Gasteiger partial charge is 0.412 e. The first kappa shape index (κ1) is 21.6. The number of pyridine rings is 1. The fraction of sp³-hybridized carbons (Fsp3) is 0.304. The maximum Gasteiger partial charge on any atom is 0.412 e. The Labute approximate surface area is 174 Å². The van der Waals surface area contributed by atoms with Crippen LogP contribution in [-0.4, -0.2) is 35.7 Å². The number of hydrogen-bond donors (Lipinski definition) is 1. The monoisotopic (exact) mass is 413 g/mol. The molecule has 1 heterocycles. The number of ether oxygens (including phenoxy) is 1. The predicted octanol–water partition coefficient (Wildman–Crippen LogP) is 5.36. The summed E-state index contributed by atoms with van der Waals surface area (Å²) in [7, 11) is 1.80. The third kappa shape index (κ3) is 5.51. The summed E-state index contributed by atoms with van der Waals surface area (Å²) in [5.74, 6) is -1.31. The zero-order chi connectivity index (χ0) is 21.5. The maximum atomic E-state index is 14.0. The van der Waals surface area contributed by atoms with E-state index in [0.717, 1.165) is 29.7 Å². The van der Waals surface area contributed by atoms with Crippen molar-refractivity contribution in [3.63, 3.8) is 0 Å². The van der Waals surface area contributed by atoms with Crippen LogP contribution in [0.2, 0.25) is 0 Å². The quantitative estimate of drug-likeness (QED) is 0.540. The molecule has 2 aromatic carbocycles. The van der Waals surface area contributed by atoms with Crippen LogP contribution in [0.25, 0.3) is 10.8 Å². The van der Waals surface area contributed by atoms with Crippen LogP contribution in [0.4, 0.5) is 19.4 Å². The van der Waals surface area contributed by atoms with Gasteiger partial charge in [-0.05, 0) is 31.0 Å². The van der Waals surface area contributed by atoms with E-state index in [4.69, 9.17) is 4.74 Å². The lowest BCUT2D eigenvalue weighted by atomic mass is 10.1. The predicted molar refractivity (Wildman–Crippen MR) is 113 cm³/mol. The van der Waals surface area contributed by atoms with Gasteiger partial charge in [0.25, 0.3) is 0 Å². The highest BCUT2D eigenvalue weighted by atomic mass is 19.2. The SMILES string of the molecule is CCCC(COC(=O)Nc1cc2ccccc2cn1)N(C)Cc1cccc(F)c1F. The average Bonchev–Trinajstić information content (AvgIpc) is 2.74. The summed E-state index contributed by atoms with van der Waals surface area (Å²) in [5.41, 5.74) is 0.267. The molecule has 0 saturated heterocycles. The zero-order valence-electron chi connectivity index (χ0n) is 17.1. The number of nitrogens with zero attached hydrogens (tertiary/aromatic N) is 2. The van der Waals surface area contributed by atoms with E-state index in [1.807, 2.05) is 36.1 Å². The maximum absolute atomic E-state index is 14.0. The molecule has 3 aromatic rings. The fourth-order valence-electron chi connectivity index (χ4n) is 3.30. The van der Waals surface area contributed by atoms with Crippen molar-refractivity contribution in [3.05, 3.63) is 71.9 Å². The number of likely N-dealkylation sites (N-methyl/N-ethyl adjacent to an activating group) is 1. The number of nitrogens with one attached hydrogen (secondary N) is 1. The van der Waals surface area contributed by atoms with E-state index in [1.165, 1.54) is 6.07 Å². The van der Waals surface area contributed by atoms with Crippen molar-refractivity contribution in [1.29, 1.82) is 0 Å². The van der Waals surface area contributed by atoms with Gasteiger partial charge in [-0.15, -0.1) is 0 Å². The Balaban J connectivity index is 1.58. The van der Waals surface area contributed by atoms with Crippen LogP contribution in [0.15, 0.2) is 54.7 Å². The first-order chi connectivity index (χ1) is 14.5. The van der Waals surface area contributed by atoms with Crippen molar-refractivity contribution in [1.82, 2.24) is 9.88 Å². The van der Waals surface area contributed by atoms with Gasteiger partial charge in [0.15, 0.2) is 11.6 Å². The van der Waals surface area contributed by atoms with Crippen molar-refractivity contribution >= 4 is 22.7 Å². The van der Waals surface area contributed by atoms with Crippen molar-refractivity contribution in [2.45, 2.75) is 32.4 Å². The lowest BCUT2D eigenvalue weighted by Gasteiger charge is -2.27. The molecular formula is C23H25F2N3O2. The molecular weight excluding hydrogens is 388 g/mol. The Bertz CT molecular complexity index is 1010. The number of fused-ring (bicyclic) bond motifs is 1. The summed E-state index contributed by atoms with van der Waals surface area (Å²) in [6.07, 6.45) is 2.68. The zero-order valence-corrected chi connectivity index (χ0v) is 17.1. The number of aromatic nitrogens is 1. The normalized spacial score (nSPS) is 12.2. The van der Waals surface area contributed by atoms with Gasteiger partial charge < -0.3 is 4.74 Å². The Morgan fingerprint density at radius 2 is 1.93 bits per heavy atom. The van der Waals surface area contributed by atoms with Crippen LogP contribution in [0, 0.1) is 11.6 Å². The van der Waals surface area contributed by atoms with E-state index in [9.17, 15) is 13.6 Å². The first-order valence-electron chi connectivity index (χ1n) is 9.89. The molecule has 7 heteroatoms. The number of halogens is 2. The summed E-state index contributed by atoms with van der Waals surface area (Å²) in [4.78, 5) is 18.3. The number of amides is 1. The Hall–Kier alpha value is -3.06. The molecule has 1 N–H and O–H groups in total. The van der Waals surface area contributed by atoms with Gasteiger partial charge in [0.2, 0.25) is 0 Å². The van der Waals surface area contributed by atoms with Crippen LogP contribution in [0.1, 0.15) is 25.3 Å². The minimum atomic E-state index is -0.869. The molecule has 158 valence electrons. The number of rotatable bonds is 8. The lowest BCUT2D eigenvalue weighted by Crippen LogP contribution is -2.36. The molecule has 0 bridgehead atoms. The third-order valence-electron chi connectivity index (χ3n) is 4.96. The van der Waals surface area contributed by atoms with Crippen molar-refractivity contribution in [3.8, 4) is 0 Å². The second-order valence-corrected chi connectivity index (χ2v) is 7.21. The van der Waals surface area contributed by atoms with Crippen molar-refractivity contribution in [2.75, 3.05) is 19.0 Å². The van der Waals surface area contributed by atoms with Gasteiger partial charge in [-0.25, -0.2) is 18.6 Å². The lowest BCUT2D eigenvalue weighted by molar-refractivity contribution is 0.102. The van der Waals surface area contributed by atoms with E-state index >= 15 is 0 Å². The largest absolute Gasteiger partial charge is 0.448 e. The molecule has 1 unspecified atom stereocenters. The van der Waals surface area contributed by atoms with E-state index in [0.29, 0.717) is 5.82 Å². The van der Waals surface area contributed by atoms with Gasteiger partial charge in [0.05, 0.1) is 0 Å². The summed E-state index contributed by atoms with van der Waals surface area (Å²) in [6, 6.07) is 13.5. The standard InChI is InChI=1S/C23H25F2N3O2/c1-3-7-19(28(2)14-18-10-6-11-20(24)22(18)25)15-30-23(29)27-21-12-16-8-4-5-9-17(16)13-26-21/h4-6,8-13,19H,3,7,14-15H2,1-2H3,(H,26,27,29). The highest BCUT2D eigenvalue weighted by molar-refractivity contribution is 5.89. The van der Waals surface area contributed by atoms with Crippen molar-refractivity contribution < 1.29 is 18.3 Å². The third-order valence-corrected chi connectivity index (χ3v) is 4.96. The van der Waals surface area contributed by atoms with Gasteiger partial charge in [0.1, 0.15) is 12.4 Å². The van der Waals surface area contributed by atoms with Crippen LogP contribution in [-0.2, 0) is 11.3 Å². The number of carbonyl (C=O) groups excluding carboxylic acids is 1. The highest BCUT2D eigenvalue weighted by Gasteiger charge is 2.19. The van der Waals surface area contributed by atoms with E-state index in [2.05, 4.69) is 10.3 Å². The molecule has 3 rings (SSSR count). The molecule has 0 fully saturated rings. The Morgan fingerprint density at radius 3 is 2.70 bits per heavy atom. The molecule has 0 saturated carbocycles. The first-order valence-corrected chi connectivity index (χ1v) is 9.89. The Morgan fingerprint density at radius 1 is 1.17 bits per heavy atom. The molecule has 1 amide bonds. The second-order valence-electron chi connectivity index (χ2n) is 7.21. The summed E-state index contributed by atoms with van der Waals surface area (Å²) in [6.45, 7) is 2.36. The van der Waals surface area contributed by atoms with E-state index in [1.54, 1.807) is 25.4 Å². The van der Waals surface area contributed by atoms with E-state index < -0.39 is 17.7 Å². The van der Waals surface area contributed by atoms with Gasteiger partial charge in [-0.1, -0.05) is 49.7 Å². The molecule has 5 nitrogen and oxygen atoms in total. The summed E-state index contributed by atoms with van der Waals surface area (Å²) < 4.78 is 32.8. The molecule has 0 aliphatic carbocycles. The van der Waals surface area contributed by atoms with Gasteiger partial charge in [0, 0.05) is 29.7 Å². The summed E-state index contributed by atoms with van der Waals surface area (Å²) >= 11 is 0. The molecule has 1 atom stereocenters. The molecule has 0 aliphatic heterocycles. The summed E-state index contributed by atoms with van der Waals surface area (Å²) in [5, 5.41) is 4.58. The minimum Gasteiger partial charge on any atom is -0.448 e. The van der Waals surface area contributed by atoms with Crippen LogP contribution in [0.5, 0.6) is 0 Å². The highest BCUT2D eigenvalue weighted by Crippen LogP contribution is 2.18. The van der Waals surface area contributed by atoms with Crippen LogP contribution >= 0.6 is 0 Å². The number of benzene rings is 2. The number of hydrogen-bond acceptors (Lipinski definition) is 4. The second kappa shape index (κ2) is 10.1. The van der Waals surface area contributed by atoms with Gasteiger partial charge >= 0.3 is 6.09 Å². The van der Waals surface area contributed by atoms with Gasteiger partial charge in [-0.3, -0.25) is 10.2 Å². The van der Waals surface area contributed by atoms with E-state index in [-0.39, 0.29) is 24.8 Å². The molecule has 0 radical (unpaired) electrons.